The Balaban J connectivity index is 1.89. The van der Waals surface area contributed by atoms with Gasteiger partial charge in [0.25, 0.3) is 5.56 Å². The van der Waals surface area contributed by atoms with Gasteiger partial charge in [0.1, 0.15) is 11.4 Å². The Morgan fingerprint density at radius 3 is 2.62 bits per heavy atom. The summed E-state index contributed by atoms with van der Waals surface area (Å²) >= 11 is 5.83. The van der Waals surface area contributed by atoms with Gasteiger partial charge in [-0.15, -0.1) is 0 Å². The maximum Gasteiger partial charge on any atom is 0.435 e. The molecular formula is C25H21ClF4N6O4. The van der Waals surface area contributed by atoms with Crippen LogP contribution in [-0.4, -0.2) is 50.6 Å². The van der Waals surface area contributed by atoms with Crippen LogP contribution in [0.4, 0.5) is 29.2 Å². The monoisotopic (exact) mass is 580 g/mol. The number of anilines is 2. The maximum atomic E-state index is 13.6. The Bertz CT molecular complexity index is 1610. The van der Waals surface area contributed by atoms with E-state index < -0.39 is 29.2 Å². The number of methoxy groups -OCH3 is 1. The number of aromatic nitrogens is 5. The van der Waals surface area contributed by atoms with Crippen LogP contribution in [-0.2, 0) is 22.2 Å². The van der Waals surface area contributed by atoms with Gasteiger partial charge in [-0.1, -0.05) is 11.6 Å². The van der Waals surface area contributed by atoms with Crippen molar-refractivity contribution in [1.29, 1.82) is 0 Å². The van der Waals surface area contributed by atoms with Crippen molar-refractivity contribution in [3.63, 3.8) is 0 Å². The molecule has 0 aliphatic rings. The average Bonchev–Trinajstić information content (AvgIpc) is 3.42. The Morgan fingerprint density at radius 2 is 1.98 bits per heavy atom. The average molecular weight is 581 g/mol. The van der Waals surface area contributed by atoms with E-state index in [1.54, 1.807) is 6.92 Å². The highest BCUT2D eigenvalue weighted by Gasteiger charge is 2.34. The summed E-state index contributed by atoms with van der Waals surface area (Å²) in [6.07, 6.45) is -0.997. The molecule has 0 saturated heterocycles. The highest BCUT2D eigenvalue weighted by molar-refractivity contribution is 6.31. The van der Waals surface area contributed by atoms with Gasteiger partial charge in [0.15, 0.2) is 11.5 Å². The molecule has 0 unspecified atom stereocenters. The zero-order valence-electron chi connectivity index (χ0n) is 21.0. The molecule has 40 heavy (non-hydrogen) atoms. The van der Waals surface area contributed by atoms with Crippen molar-refractivity contribution < 1.29 is 31.8 Å². The van der Waals surface area contributed by atoms with Crippen molar-refractivity contribution in [2.75, 3.05) is 25.6 Å². The lowest BCUT2D eigenvalue weighted by atomic mass is 10.1. The molecule has 0 atom stereocenters. The van der Waals surface area contributed by atoms with Crippen LogP contribution < -0.4 is 10.9 Å². The molecule has 0 spiro atoms. The number of nitrogens with one attached hydrogen (secondary N) is 1. The van der Waals surface area contributed by atoms with Crippen LogP contribution in [0.5, 0.6) is 0 Å². The third-order valence-electron chi connectivity index (χ3n) is 5.47. The third kappa shape index (κ3) is 6.29. The fourth-order valence-electron chi connectivity index (χ4n) is 3.60. The number of carbonyl (C=O) groups is 1. The van der Waals surface area contributed by atoms with Crippen LogP contribution in [0.3, 0.4) is 0 Å². The number of nitrogens with zero attached hydrogens (tertiary/aromatic N) is 5. The number of alkyl halides is 3. The van der Waals surface area contributed by atoms with Crippen molar-refractivity contribution in [1.82, 2.24) is 24.3 Å². The van der Waals surface area contributed by atoms with Gasteiger partial charge in [-0.25, -0.2) is 18.9 Å². The van der Waals surface area contributed by atoms with Gasteiger partial charge in [0.05, 0.1) is 18.2 Å². The van der Waals surface area contributed by atoms with E-state index in [4.69, 9.17) is 21.1 Å². The van der Waals surface area contributed by atoms with Crippen LogP contribution in [0.15, 0.2) is 53.7 Å². The SMILES string of the molecule is CCOC(=O)c1cc(-c2cnc(Nc3ccc(F)c(Cl)c3)nc2-n2ccc(C(F)(F)F)n2)cn(CCOC)c1=O. The Kier molecular flexibility index (Phi) is 8.49. The fraction of sp³-hybridized carbons (Fsp3) is 0.240. The molecule has 0 radical (unpaired) electrons. The normalized spacial score (nSPS) is 11.5. The number of ether oxygens (including phenoxy) is 2. The molecule has 0 aliphatic carbocycles. The summed E-state index contributed by atoms with van der Waals surface area (Å²) in [5.74, 6) is -1.73. The standard InChI is InChI=1S/C25H21ClF4N6O4/c1-3-40-23(38)16-10-14(13-35(22(16)37)8-9-39-2)17-12-31-24(32-15-4-5-19(27)18(26)11-15)33-21(17)36-7-6-20(34-36)25(28,29)30/h4-7,10-13H,3,8-9H2,1-2H3,(H,31,32,33). The molecule has 10 nitrogen and oxygen atoms in total. The van der Waals surface area contributed by atoms with E-state index in [2.05, 4.69) is 20.4 Å². The Labute approximate surface area is 229 Å². The second-order valence-electron chi connectivity index (χ2n) is 8.18. The van der Waals surface area contributed by atoms with Crippen LogP contribution >= 0.6 is 11.6 Å². The Morgan fingerprint density at radius 1 is 1.20 bits per heavy atom. The van der Waals surface area contributed by atoms with Gasteiger partial charge in [0, 0.05) is 49.1 Å². The first-order valence-electron chi connectivity index (χ1n) is 11.6. The molecule has 0 fully saturated rings. The number of esters is 1. The lowest BCUT2D eigenvalue weighted by Gasteiger charge is -2.15. The molecule has 1 N–H and O–H groups in total. The van der Waals surface area contributed by atoms with Crippen molar-refractivity contribution in [3.05, 3.63) is 81.4 Å². The topological polar surface area (TPSA) is 113 Å². The van der Waals surface area contributed by atoms with Crippen molar-refractivity contribution in [3.8, 4) is 16.9 Å². The predicted octanol–water partition coefficient (Wildman–Crippen LogP) is 4.87. The highest BCUT2D eigenvalue weighted by Crippen LogP contribution is 2.31. The van der Waals surface area contributed by atoms with Gasteiger partial charge in [0.2, 0.25) is 5.95 Å². The van der Waals surface area contributed by atoms with E-state index in [0.29, 0.717) is 5.69 Å². The Hall–Kier alpha value is -4.30. The number of hydrogen-bond acceptors (Lipinski definition) is 8. The van der Waals surface area contributed by atoms with Crippen LogP contribution in [0.2, 0.25) is 5.02 Å². The molecule has 3 aromatic heterocycles. The zero-order valence-corrected chi connectivity index (χ0v) is 21.8. The van der Waals surface area contributed by atoms with Crippen LogP contribution in [0.25, 0.3) is 16.9 Å². The van der Waals surface area contributed by atoms with Crippen LogP contribution in [0, 0.1) is 5.82 Å². The van der Waals surface area contributed by atoms with Gasteiger partial charge in [-0.05, 0) is 37.3 Å². The molecule has 210 valence electrons. The largest absolute Gasteiger partial charge is 0.462 e. The number of halogens is 5. The summed E-state index contributed by atoms with van der Waals surface area (Å²) in [6, 6.07) is 5.77. The summed E-state index contributed by atoms with van der Waals surface area (Å²) in [4.78, 5) is 34.1. The third-order valence-corrected chi connectivity index (χ3v) is 5.76. The molecule has 3 heterocycles. The van der Waals surface area contributed by atoms with E-state index in [1.165, 1.54) is 42.3 Å². The summed E-state index contributed by atoms with van der Waals surface area (Å²) in [6.45, 7) is 1.78. The van der Waals surface area contributed by atoms with E-state index in [9.17, 15) is 27.2 Å². The molecule has 1 aromatic carbocycles. The number of benzene rings is 1. The van der Waals surface area contributed by atoms with Gasteiger partial charge < -0.3 is 19.4 Å². The molecule has 0 bridgehead atoms. The van der Waals surface area contributed by atoms with E-state index in [0.717, 1.165) is 23.0 Å². The molecule has 0 aliphatic heterocycles. The maximum absolute atomic E-state index is 13.6. The van der Waals surface area contributed by atoms with Crippen molar-refractivity contribution in [2.45, 2.75) is 19.6 Å². The van der Waals surface area contributed by atoms with E-state index in [-0.39, 0.29) is 53.2 Å². The first-order valence-corrected chi connectivity index (χ1v) is 12.0. The summed E-state index contributed by atoms with van der Waals surface area (Å²) in [5, 5.41) is 6.25. The minimum Gasteiger partial charge on any atom is -0.462 e. The zero-order chi connectivity index (χ0) is 29.0. The minimum absolute atomic E-state index is 0.0101. The van der Waals surface area contributed by atoms with Crippen molar-refractivity contribution >= 4 is 29.2 Å². The van der Waals surface area contributed by atoms with E-state index in [1.807, 2.05) is 0 Å². The van der Waals surface area contributed by atoms with Gasteiger partial charge in [-0.2, -0.15) is 23.3 Å². The summed E-state index contributed by atoms with van der Waals surface area (Å²) in [5.41, 5.74) is -1.47. The number of hydrogen-bond donors (Lipinski definition) is 1. The molecule has 0 amide bonds. The molecule has 4 aromatic rings. The molecule has 15 heteroatoms. The second kappa shape index (κ2) is 11.8. The first-order chi connectivity index (χ1) is 19.0. The molecule has 4 rings (SSSR count). The minimum atomic E-state index is -4.73. The lowest BCUT2D eigenvalue weighted by molar-refractivity contribution is -0.141. The smallest absolute Gasteiger partial charge is 0.435 e. The summed E-state index contributed by atoms with van der Waals surface area (Å²) in [7, 11) is 1.43. The number of rotatable bonds is 9. The quantitative estimate of drug-likeness (QED) is 0.220. The lowest BCUT2D eigenvalue weighted by Crippen LogP contribution is -2.28. The first kappa shape index (κ1) is 28.7. The molecular weight excluding hydrogens is 560 g/mol. The molecule has 0 saturated carbocycles. The number of carbonyl (C=O) groups excluding carboxylic acids is 1. The van der Waals surface area contributed by atoms with Crippen molar-refractivity contribution in [2.24, 2.45) is 0 Å². The van der Waals surface area contributed by atoms with Gasteiger partial charge >= 0.3 is 12.1 Å². The summed E-state index contributed by atoms with van der Waals surface area (Å²) < 4.78 is 65.8. The fourth-order valence-corrected chi connectivity index (χ4v) is 3.78. The predicted molar refractivity (Wildman–Crippen MR) is 136 cm³/mol. The van der Waals surface area contributed by atoms with Gasteiger partial charge in [-0.3, -0.25) is 4.79 Å². The second-order valence-corrected chi connectivity index (χ2v) is 8.59. The highest BCUT2D eigenvalue weighted by atomic mass is 35.5. The van der Waals surface area contributed by atoms with Crippen LogP contribution in [0.1, 0.15) is 23.0 Å². The number of pyridine rings is 1. The van der Waals surface area contributed by atoms with E-state index >= 15 is 0 Å².